The molecule has 16 heavy (non-hydrogen) atoms. The first-order valence-electron chi connectivity index (χ1n) is 5.17. The SMILES string of the molecule is CC(C)(C)c1cnc(CCS(C)(=O)=O)cn1. The van der Waals surface area contributed by atoms with Crippen LogP contribution in [0.3, 0.4) is 0 Å². The summed E-state index contributed by atoms with van der Waals surface area (Å²) in [5, 5.41) is 0. The fourth-order valence-corrected chi connectivity index (χ4v) is 1.74. The molecule has 0 unspecified atom stereocenters. The lowest BCUT2D eigenvalue weighted by Crippen LogP contribution is -2.15. The van der Waals surface area contributed by atoms with E-state index in [2.05, 4.69) is 30.7 Å². The standard InChI is InChI=1S/C11H18N2O2S/c1-11(2,3)10-8-12-9(7-13-10)5-6-16(4,14)15/h7-8H,5-6H2,1-4H3. The van der Waals surface area contributed by atoms with Crippen LogP contribution in [0, 0.1) is 0 Å². The van der Waals surface area contributed by atoms with Gasteiger partial charge in [0.15, 0.2) is 0 Å². The summed E-state index contributed by atoms with van der Waals surface area (Å²) in [6.45, 7) is 6.19. The summed E-state index contributed by atoms with van der Waals surface area (Å²) >= 11 is 0. The highest BCUT2D eigenvalue weighted by Gasteiger charge is 2.15. The summed E-state index contributed by atoms with van der Waals surface area (Å²) in [5.74, 6) is 0.122. The summed E-state index contributed by atoms with van der Waals surface area (Å²) in [4.78, 5) is 8.51. The zero-order valence-electron chi connectivity index (χ0n) is 10.2. The lowest BCUT2D eigenvalue weighted by atomic mass is 9.93. The first kappa shape index (κ1) is 13.1. The maximum Gasteiger partial charge on any atom is 0.147 e. The molecule has 1 rings (SSSR count). The second kappa shape index (κ2) is 4.49. The van der Waals surface area contributed by atoms with Gasteiger partial charge < -0.3 is 0 Å². The van der Waals surface area contributed by atoms with E-state index in [-0.39, 0.29) is 11.2 Å². The average Bonchev–Trinajstić information content (AvgIpc) is 2.13. The molecule has 0 aromatic carbocycles. The average molecular weight is 242 g/mol. The number of hydrogen-bond donors (Lipinski definition) is 0. The second-order valence-corrected chi connectivity index (χ2v) is 7.28. The van der Waals surface area contributed by atoms with E-state index in [1.807, 2.05) is 0 Å². The topological polar surface area (TPSA) is 59.9 Å². The number of sulfone groups is 1. The molecule has 0 radical (unpaired) electrons. The second-order valence-electron chi connectivity index (χ2n) is 5.02. The number of aryl methyl sites for hydroxylation is 1. The van der Waals surface area contributed by atoms with Crippen molar-refractivity contribution < 1.29 is 8.42 Å². The molecule has 0 atom stereocenters. The zero-order valence-corrected chi connectivity index (χ0v) is 11.0. The van der Waals surface area contributed by atoms with Gasteiger partial charge >= 0.3 is 0 Å². The quantitative estimate of drug-likeness (QED) is 0.803. The summed E-state index contributed by atoms with van der Waals surface area (Å²) < 4.78 is 22.0. The largest absolute Gasteiger partial charge is 0.258 e. The van der Waals surface area contributed by atoms with Gasteiger partial charge in [-0.05, 0) is 0 Å². The molecule has 0 saturated carbocycles. The van der Waals surface area contributed by atoms with E-state index in [0.717, 1.165) is 11.4 Å². The van der Waals surface area contributed by atoms with Crippen LogP contribution in [-0.2, 0) is 21.7 Å². The van der Waals surface area contributed by atoms with E-state index in [0.29, 0.717) is 6.42 Å². The molecule has 1 aromatic heterocycles. The van der Waals surface area contributed by atoms with Gasteiger partial charge in [0.25, 0.3) is 0 Å². The maximum atomic E-state index is 11.0. The predicted octanol–water partition coefficient (Wildman–Crippen LogP) is 1.36. The third-order valence-electron chi connectivity index (χ3n) is 2.20. The fourth-order valence-electron chi connectivity index (χ4n) is 1.16. The van der Waals surface area contributed by atoms with Crippen molar-refractivity contribution in [3.63, 3.8) is 0 Å². The summed E-state index contributed by atoms with van der Waals surface area (Å²) in [5.41, 5.74) is 1.61. The molecule has 5 heteroatoms. The predicted molar refractivity (Wildman–Crippen MR) is 64.1 cm³/mol. The molecule has 0 saturated heterocycles. The summed E-state index contributed by atoms with van der Waals surface area (Å²) in [6, 6.07) is 0. The molecule has 0 spiro atoms. The Morgan fingerprint density at radius 3 is 2.19 bits per heavy atom. The lowest BCUT2D eigenvalue weighted by Gasteiger charge is -2.16. The van der Waals surface area contributed by atoms with E-state index < -0.39 is 9.84 Å². The fraction of sp³-hybridized carbons (Fsp3) is 0.636. The van der Waals surface area contributed by atoms with Crippen LogP contribution in [0.25, 0.3) is 0 Å². The Hall–Kier alpha value is -0.970. The molecule has 0 aliphatic carbocycles. The highest BCUT2D eigenvalue weighted by Crippen LogP contribution is 2.18. The monoisotopic (exact) mass is 242 g/mol. The van der Waals surface area contributed by atoms with Crippen LogP contribution in [0.5, 0.6) is 0 Å². The lowest BCUT2D eigenvalue weighted by molar-refractivity contribution is 0.563. The van der Waals surface area contributed by atoms with Gasteiger partial charge in [-0.2, -0.15) is 0 Å². The number of hydrogen-bond acceptors (Lipinski definition) is 4. The van der Waals surface area contributed by atoms with Crippen molar-refractivity contribution in [2.24, 2.45) is 0 Å². The summed E-state index contributed by atoms with van der Waals surface area (Å²) in [6.07, 6.45) is 5.03. The smallest absolute Gasteiger partial charge is 0.147 e. The molecular formula is C11H18N2O2S. The van der Waals surface area contributed by atoms with Crippen molar-refractivity contribution in [1.29, 1.82) is 0 Å². The van der Waals surface area contributed by atoms with Crippen LogP contribution < -0.4 is 0 Å². The highest BCUT2D eigenvalue weighted by atomic mass is 32.2. The van der Waals surface area contributed by atoms with E-state index in [1.165, 1.54) is 6.26 Å². The Morgan fingerprint density at radius 1 is 1.19 bits per heavy atom. The van der Waals surface area contributed by atoms with Gasteiger partial charge in [0.2, 0.25) is 0 Å². The molecule has 0 bridgehead atoms. The minimum Gasteiger partial charge on any atom is -0.258 e. The van der Waals surface area contributed by atoms with Crippen LogP contribution in [0.15, 0.2) is 12.4 Å². The van der Waals surface area contributed by atoms with Gasteiger partial charge in [0.05, 0.1) is 17.1 Å². The minimum atomic E-state index is -2.93. The molecule has 0 aliphatic rings. The molecule has 4 nitrogen and oxygen atoms in total. The number of rotatable bonds is 3. The van der Waals surface area contributed by atoms with Crippen molar-refractivity contribution in [3.05, 3.63) is 23.8 Å². The van der Waals surface area contributed by atoms with Crippen molar-refractivity contribution in [3.8, 4) is 0 Å². The van der Waals surface area contributed by atoms with E-state index in [9.17, 15) is 8.42 Å². The highest BCUT2D eigenvalue weighted by molar-refractivity contribution is 7.90. The van der Waals surface area contributed by atoms with Gasteiger partial charge in [-0.25, -0.2) is 8.42 Å². The van der Waals surface area contributed by atoms with E-state index in [4.69, 9.17) is 0 Å². The molecule has 0 N–H and O–H groups in total. The van der Waals surface area contributed by atoms with Gasteiger partial charge in [-0.1, -0.05) is 20.8 Å². The van der Waals surface area contributed by atoms with Crippen LogP contribution in [0.1, 0.15) is 32.2 Å². The van der Waals surface area contributed by atoms with Crippen LogP contribution in [-0.4, -0.2) is 30.4 Å². The van der Waals surface area contributed by atoms with Crippen molar-refractivity contribution in [2.75, 3.05) is 12.0 Å². The Kier molecular flexibility index (Phi) is 3.68. The maximum absolute atomic E-state index is 11.0. The van der Waals surface area contributed by atoms with E-state index >= 15 is 0 Å². The Balaban J connectivity index is 2.73. The van der Waals surface area contributed by atoms with Crippen LogP contribution in [0.2, 0.25) is 0 Å². The molecular weight excluding hydrogens is 224 g/mol. The number of nitrogens with zero attached hydrogens (tertiary/aromatic N) is 2. The Morgan fingerprint density at radius 2 is 1.81 bits per heavy atom. The first-order valence-corrected chi connectivity index (χ1v) is 7.24. The van der Waals surface area contributed by atoms with E-state index in [1.54, 1.807) is 12.4 Å². The first-order chi connectivity index (χ1) is 7.18. The third-order valence-corrected chi connectivity index (χ3v) is 3.15. The van der Waals surface area contributed by atoms with Gasteiger partial charge in [-0.15, -0.1) is 0 Å². The van der Waals surface area contributed by atoms with Gasteiger partial charge in [-0.3, -0.25) is 9.97 Å². The van der Waals surface area contributed by atoms with Gasteiger partial charge in [0.1, 0.15) is 9.84 Å². The van der Waals surface area contributed by atoms with Crippen molar-refractivity contribution in [2.45, 2.75) is 32.6 Å². The minimum absolute atomic E-state index is 0.0254. The Bertz CT molecular complexity index is 444. The molecule has 1 heterocycles. The van der Waals surface area contributed by atoms with Crippen molar-refractivity contribution >= 4 is 9.84 Å². The normalized spacial score (nSPS) is 12.8. The van der Waals surface area contributed by atoms with Crippen LogP contribution >= 0.6 is 0 Å². The van der Waals surface area contributed by atoms with Crippen LogP contribution in [0.4, 0.5) is 0 Å². The number of aromatic nitrogens is 2. The zero-order chi connectivity index (χ0) is 12.4. The summed E-state index contributed by atoms with van der Waals surface area (Å²) in [7, 11) is -2.93. The molecule has 1 aromatic rings. The molecule has 0 aliphatic heterocycles. The third kappa shape index (κ3) is 4.26. The molecule has 0 fully saturated rings. The van der Waals surface area contributed by atoms with Gasteiger partial charge in [0, 0.05) is 30.5 Å². The Labute approximate surface area is 97.1 Å². The molecule has 90 valence electrons. The molecule has 0 amide bonds. The van der Waals surface area contributed by atoms with Crippen molar-refractivity contribution in [1.82, 2.24) is 9.97 Å².